The lowest BCUT2D eigenvalue weighted by atomic mass is 9.72. The summed E-state index contributed by atoms with van der Waals surface area (Å²) in [6.07, 6.45) is 6.85. The fourth-order valence-electron chi connectivity index (χ4n) is 4.20. The van der Waals surface area contributed by atoms with Gasteiger partial charge in [0.1, 0.15) is 0 Å². The molecule has 1 heteroatoms. The predicted molar refractivity (Wildman–Crippen MR) is 90.3 cm³/mol. The zero-order valence-electron chi connectivity index (χ0n) is 14.2. The zero-order valence-corrected chi connectivity index (χ0v) is 14.2. The van der Waals surface area contributed by atoms with Crippen LogP contribution >= 0.6 is 0 Å². The molecule has 1 aliphatic carbocycles. The van der Waals surface area contributed by atoms with E-state index in [4.69, 9.17) is 0 Å². The van der Waals surface area contributed by atoms with Gasteiger partial charge in [-0.1, -0.05) is 64.8 Å². The molecule has 1 nitrogen and oxygen atoms in total. The molecule has 0 aromatic heterocycles. The largest absolute Gasteiger partial charge is 0.388 e. The van der Waals surface area contributed by atoms with Crippen LogP contribution in [0.1, 0.15) is 77.0 Å². The Balaban J connectivity index is 2.22. The number of aliphatic hydroxyl groups is 1. The number of rotatable bonds is 6. The van der Waals surface area contributed by atoms with E-state index >= 15 is 0 Å². The third-order valence-corrected chi connectivity index (χ3v) is 4.90. The van der Waals surface area contributed by atoms with Crippen LogP contribution in [0.15, 0.2) is 24.3 Å². The molecule has 21 heavy (non-hydrogen) atoms. The van der Waals surface area contributed by atoms with Crippen LogP contribution in [0, 0.1) is 17.3 Å². The van der Waals surface area contributed by atoms with E-state index in [2.05, 4.69) is 52.0 Å². The maximum atomic E-state index is 11.1. The van der Waals surface area contributed by atoms with Crippen molar-refractivity contribution < 1.29 is 5.11 Å². The zero-order chi connectivity index (χ0) is 15.5. The Morgan fingerprint density at radius 3 is 2.29 bits per heavy atom. The summed E-state index contributed by atoms with van der Waals surface area (Å²) in [5.74, 6) is 1.31. The van der Waals surface area contributed by atoms with E-state index in [0.29, 0.717) is 11.8 Å². The summed E-state index contributed by atoms with van der Waals surface area (Å²) in [6.45, 7) is 9.06. The van der Waals surface area contributed by atoms with Crippen LogP contribution in [-0.4, -0.2) is 5.11 Å². The smallest absolute Gasteiger partial charge is 0.0846 e. The Morgan fingerprint density at radius 2 is 1.71 bits per heavy atom. The molecule has 1 aliphatic rings. The van der Waals surface area contributed by atoms with Crippen molar-refractivity contribution >= 4 is 0 Å². The first-order chi connectivity index (χ1) is 9.93. The fraction of sp³-hybridized carbons (Fsp3) is 0.700. The van der Waals surface area contributed by atoms with Crippen LogP contribution in [0.4, 0.5) is 0 Å². The van der Waals surface area contributed by atoms with Gasteiger partial charge in [0.15, 0.2) is 0 Å². The lowest BCUT2D eigenvalue weighted by Crippen LogP contribution is -2.27. The summed E-state index contributed by atoms with van der Waals surface area (Å²) in [5, 5.41) is 11.1. The topological polar surface area (TPSA) is 20.2 Å². The van der Waals surface area contributed by atoms with Crippen molar-refractivity contribution in [2.24, 2.45) is 17.3 Å². The Kier molecular flexibility index (Phi) is 5.48. The molecular formula is C20H32O. The standard InChI is InChI=1S/C20H32O/c1-15(2)12-17-8-7-9-18(13-17)19(21)20(14-16(3)4)10-5-6-11-20/h7-9,13,15-16,19,21H,5-6,10-12,14H2,1-4H3. The van der Waals surface area contributed by atoms with Crippen LogP contribution in [0.5, 0.6) is 0 Å². The van der Waals surface area contributed by atoms with E-state index < -0.39 is 0 Å². The maximum Gasteiger partial charge on any atom is 0.0846 e. The van der Waals surface area contributed by atoms with E-state index in [9.17, 15) is 5.11 Å². The number of aliphatic hydroxyl groups excluding tert-OH is 1. The third kappa shape index (κ3) is 4.10. The Hall–Kier alpha value is -0.820. The average molecular weight is 288 g/mol. The molecule has 118 valence electrons. The van der Waals surface area contributed by atoms with Crippen molar-refractivity contribution in [3.63, 3.8) is 0 Å². The van der Waals surface area contributed by atoms with E-state index in [0.717, 1.165) is 18.4 Å². The molecule has 1 atom stereocenters. The van der Waals surface area contributed by atoms with Gasteiger partial charge in [-0.15, -0.1) is 0 Å². The molecule has 1 saturated carbocycles. The SMILES string of the molecule is CC(C)Cc1cccc(C(O)C2(CC(C)C)CCCC2)c1. The van der Waals surface area contributed by atoms with Crippen molar-refractivity contribution in [2.75, 3.05) is 0 Å². The fourth-order valence-corrected chi connectivity index (χ4v) is 4.20. The normalized spacial score (nSPS) is 19.4. The van der Waals surface area contributed by atoms with E-state index in [-0.39, 0.29) is 11.5 Å². The molecule has 0 saturated heterocycles. The number of benzene rings is 1. The quantitative estimate of drug-likeness (QED) is 0.730. The van der Waals surface area contributed by atoms with Gasteiger partial charge in [-0.2, -0.15) is 0 Å². The monoisotopic (exact) mass is 288 g/mol. The molecule has 0 amide bonds. The number of hydrogen-bond donors (Lipinski definition) is 1. The van der Waals surface area contributed by atoms with Gasteiger partial charge in [0.05, 0.1) is 6.10 Å². The summed E-state index contributed by atoms with van der Waals surface area (Å²) in [7, 11) is 0. The molecule has 0 heterocycles. The molecule has 1 unspecified atom stereocenters. The van der Waals surface area contributed by atoms with Gasteiger partial charge in [0.25, 0.3) is 0 Å². The molecule has 0 radical (unpaired) electrons. The molecule has 1 N–H and O–H groups in total. The first-order valence-electron chi connectivity index (χ1n) is 8.70. The first kappa shape index (κ1) is 16.5. The van der Waals surface area contributed by atoms with Crippen LogP contribution in [0.2, 0.25) is 0 Å². The van der Waals surface area contributed by atoms with E-state index in [1.807, 2.05) is 0 Å². The van der Waals surface area contributed by atoms with Crippen LogP contribution < -0.4 is 0 Å². The van der Waals surface area contributed by atoms with Gasteiger partial charge >= 0.3 is 0 Å². The van der Waals surface area contributed by atoms with E-state index in [1.54, 1.807) is 0 Å². The maximum absolute atomic E-state index is 11.1. The Labute approximate surface area is 130 Å². The molecule has 0 bridgehead atoms. The number of hydrogen-bond acceptors (Lipinski definition) is 1. The highest BCUT2D eigenvalue weighted by molar-refractivity contribution is 5.27. The van der Waals surface area contributed by atoms with Crippen molar-refractivity contribution in [2.45, 2.75) is 72.3 Å². The van der Waals surface area contributed by atoms with Crippen molar-refractivity contribution in [3.05, 3.63) is 35.4 Å². The second-order valence-electron chi connectivity index (χ2n) is 7.91. The Morgan fingerprint density at radius 1 is 1.05 bits per heavy atom. The first-order valence-corrected chi connectivity index (χ1v) is 8.70. The van der Waals surface area contributed by atoms with Crippen molar-refractivity contribution in [1.29, 1.82) is 0 Å². The van der Waals surface area contributed by atoms with Gasteiger partial charge in [0.2, 0.25) is 0 Å². The lowest BCUT2D eigenvalue weighted by Gasteiger charge is -2.36. The van der Waals surface area contributed by atoms with Crippen molar-refractivity contribution in [3.8, 4) is 0 Å². The molecule has 2 rings (SSSR count). The van der Waals surface area contributed by atoms with Gasteiger partial charge in [-0.05, 0) is 48.6 Å². The molecular weight excluding hydrogens is 256 g/mol. The summed E-state index contributed by atoms with van der Waals surface area (Å²) in [5.41, 5.74) is 2.61. The van der Waals surface area contributed by atoms with Crippen LogP contribution in [0.25, 0.3) is 0 Å². The molecule has 0 aliphatic heterocycles. The minimum absolute atomic E-state index is 0.116. The summed E-state index contributed by atoms with van der Waals surface area (Å²) >= 11 is 0. The highest BCUT2D eigenvalue weighted by Crippen LogP contribution is 2.51. The summed E-state index contributed by atoms with van der Waals surface area (Å²) in [6, 6.07) is 8.67. The summed E-state index contributed by atoms with van der Waals surface area (Å²) < 4.78 is 0. The van der Waals surface area contributed by atoms with Gasteiger partial charge < -0.3 is 5.11 Å². The molecule has 1 aromatic rings. The Bertz CT molecular complexity index is 441. The molecule has 0 spiro atoms. The lowest BCUT2D eigenvalue weighted by molar-refractivity contribution is 0.0111. The average Bonchev–Trinajstić information content (AvgIpc) is 2.86. The van der Waals surface area contributed by atoms with Gasteiger partial charge in [-0.25, -0.2) is 0 Å². The highest BCUT2D eigenvalue weighted by atomic mass is 16.3. The van der Waals surface area contributed by atoms with E-state index in [1.165, 1.54) is 31.2 Å². The summed E-state index contributed by atoms with van der Waals surface area (Å²) in [4.78, 5) is 0. The van der Waals surface area contributed by atoms with Crippen LogP contribution in [0.3, 0.4) is 0 Å². The minimum atomic E-state index is -0.297. The predicted octanol–water partition coefficient (Wildman–Crippen LogP) is 5.53. The van der Waals surface area contributed by atoms with Crippen molar-refractivity contribution in [1.82, 2.24) is 0 Å². The molecule has 1 aromatic carbocycles. The second kappa shape index (κ2) is 6.96. The third-order valence-electron chi connectivity index (χ3n) is 4.90. The van der Waals surface area contributed by atoms with Gasteiger partial charge in [0, 0.05) is 5.41 Å². The minimum Gasteiger partial charge on any atom is -0.388 e. The second-order valence-corrected chi connectivity index (χ2v) is 7.91. The van der Waals surface area contributed by atoms with Gasteiger partial charge in [-0.3, -0.25) is 0 Å². The molecule has 1 fully saturated rings. The highest BCUT2D eigenvalue weighted by Gasteiger charge is 2.41. The van der Waals surface area contributed by atoms with Crippen LogP contribution in [-0.2, 0) is 6.42 Å².